The second kappa shape index (κ2) is 8.05. The second-order valence-electron chi connectivity index (χ2n) is 5.48. The van der Waals surface area contributed by atoms with Gasteiger partial charge in [-0.2, -0.15) is 17.5 Å². The van der Waals surface area contributed by atoms with E-state index < -0.39 is 40.0 Å². The summed E-state index contributed by atoms with van der Waals surface area (Å²) in [6, 6.07) is 9.41. The van der Waals surface area contributed by atoms with Crippen LogP contribution in [0.5, 0.6) is 0 Å². The summed E-state index contributed by atoms with van der Waals surface area (Å²) in [6.07, 6.45) is -4.92. The number of anilines is 1. The third-order valence-electron chi connectivity index (χ3n) is 3.61. The quantitative estimate of drug-likeness (QED) is 0.750. The van der Waals surface area contributed by atoms with Crippen LogP contribution in [0.4, 0.5) is 23.2 Å². The van der Waals surface area contributed by atoms with E-state index in [0.717, 1.165) is 10.4 Å². The molecule has 2 aromatic rings. The molecule has 0 aliphatic rings. The fourth-order valence-corrected chi connectivity index (χ4v) is 3.72. The number of alkyl halides is 3. The van der Waals surface area contributed by atoms with Gasteiger partial charge in [0.15, 0.2) is 0 Å². The van der Waals surface area contributed by atoms with Crippen molar-refractivity contribution in [1.29, 1.82) is 0 Å². The lowest BCUT2D eigenvalue weighted by Crippen LogP contribution is -2.37. The minimum atomic E-state index is -4.92. The zero-order chi connectivity index (χ0) is 20.2. The van der Waals surface area contributed by atoms with Crippen LogP contribution in [0.1, 0.15) is 12.5 Å². The Balaban J connectivity index is 2.17. The third kappa shape index (κ3) is 5.04. The smallest absolute Gasteiger partial charge is 0.325 e. The van der Waals surface area contributed by atoms with Crippen molar-refractivity contribution in [3.8, 4) is 0 Å². The van der Waals surface area contributed by atoms with Crippen LogP contribution in [-0.2, 0) is 21.0 Å². The Hall–Kier alpha value is -2.46. The Morgan fingerprint density at radius 2 is 1.74 bits per heavy atom. The number of hydrogen-bond acceptors (Lipinski definition) is 3. The average Bonchev–Trinajstić information content (AvgIpc) is 2.61. The zero-order valence-corrected chi connectivity index (χ0v) is 14.9. The maximum absolute atomic E-state index is 13.3. The molecule has 10 heteroatoms. The molecule has 0 unspecified atom stereocenters. The van der Waals surface area contributed by atoms with E-state index in [1.54, 1.807) is 6.07 Å². The van der Waals surface area contributed by atoms with Crippen LogP contribution in [0.25, 0.3) is 0 Å². The number of nitrogens with zero attached hydrogens (tertiary/aromatic N) is 1. The van der Waals surface area contributed by atoms with Crippen molar-refractivity contribution in [2.24, 2.45) is 0 Å². The molecule has 2 rings (SSSR count). The van der Waals surface area contributed by atoms with E-state index in [-0.39, 0.29) is 17.1 Å². The summed E-state index contributed by atoms with van der Waals surface area (Å²) in [5.74, 6) is -2.32. The van der Waals surface area contributed by atoms with E-state index >= 15 is 0 Å². The molecule has 146 valence electrons. The van der Waals surface area contributed by atoms with Gasteiger partial charge in [-0.15, -0.1) is 0 Å². The molecule has 1 N–H and O–H groups in total. The number of halogens is 4. The van der Waals surface area contributed by atoms with Gasteiger partial charge in [0.25, 0.3) is 0 Å². The predicted octanol–water partition coefficient (Wildman–Crippen LogP) is 3.49. The first kappa shape index (κ1) is 20.8. The normalized spacial score (nSPS) is 12.2. The zero-order valence-electron chi connectivity index (χ0n) is 14.1. The van der Waals surface area contributed by atoms with Crippen molar-refractivity contribution in [2.45, 2.75) is 18.0 Å². The summed E-state index contributed by atoms with van der Waals surface area (Å²) in [5, 5.41) is 2.16. The molecule has 0 spiro atoms. The van der Waals surface area contributed by atoms with E-state index in [4.69, 9.17) is 0 Å². The number of carbonyl (C=O) groups is 1. The van der Waals surface area contributed by atoms with Gasteiger partial charge in [-0.1, -0.05) is 25.1 Å². The van der Waals surface area contributed by atoms with Gasteiger partial charge in [0, 0.05) is 12.2 Å². The molecule has 27 heavy (non-hydrogen) atoms. The van der Waals surface area contributed by atoms with Crippen molar-refractivity contribution in [3.05, 3.63) is 59.9 Å². The topological polar surface area (TPSA) is 66.5 Å². The van der Waals surface area contributed by atoms with Crippen molar-refractivity contribution >= 4 is 21.6 Å². The number of sulfonamides is 1. The summed E-state index contributed by atoms with van der Waals surface area (Å²) in [5.41, 5.74) is -1.81. The summed E-state index contributed by atoms with van der Waals surface area (Å²) in [6.45, 7) is 0.891. The molecule has 0 saturated carbocycles. The average molecular weight is 404 g/mol. The van der Waals surface area contributed by atoms with Gasteiger partial charge in [0.1, 0.15) is 5.82 Å². The molecule has 0 atom stereocenters. The molecule has 0 aliphatic heterocycles. The number of likely N-dealkylation sites (N-methyl/N-ethyl adjacent to an activating group) is 1. The molecule has 0 heterocycles. The number of rotatable bonds is 6. The summed E-state index contributed by atoms with van der Waals surface area (Å²) >= 11 is 0. The van der Waals surface area contributed by atoms with Crippen LogP contribution in [0.2, 0.25) is 0 Å². The Bertz CT molecular complexity index is 916. The standard InChI is InChI=1S/C17H16F4N2O3S/c1-2-23(27(25,26)13-6-4-3-5-7-13)11-16(24)22-12-8-9-15(18)14(10-12)17(19,20)21/h3-10H,2,11H2,1H3,(H,22,24). The Morgan fingerprint density at radius 3 is 2.30 bits per heavy atom. The molecule has 0 radical (unpaired) electrons. The summed E-state index contributed by atoms with van der Waals surface area (Å²) in [4.78, 5) is 12.1. The highest BCUT2D eigenvalue weighted by atomic mass is 32.2. The Labute approximate surface area is 153 Å². The largest absolute Gasteiger partial charge is 0.419 e. The van der Waals surface area contributed by atoms with Crippen LogP contribution in [0, 0.1) is 5.82 Å². The van der Waals surface area contributed by atoms with Gasteiger partial charge < -0.3 is 5.32 Å². The van der Waals surface area contributed by atoms with Gasteiger partial charge in [0.2, 0.25) is 15.9 Å². The monoisotopic (exact) mass is 404 g/mol. The van der Waals surface area contributed by atoms with Gasteiger partial charge in [-0.3, -0.25) is 4.79 Å². The molecule has 2 aromatic carbocycles. The van der Waals surface area contributed by atoms with Crippen LogP contribution >= 0.6 is 0 Å². The highest BCUT2D eigenvalue weighted by Crippen LogP contribution is 2.33. The maximum atomic E-state index is 13.3. The lowest BCUT2D eigenvalue weighted by Gasteiger charge is -2.20. The van der Waals surface area contributed by atoms with E-state index in [1.807, 2.05) is 0 Å². The highest BCUT2D eigenvalue weighted by Gasteiger charge is 2.34. The number of nitrogens with one attached hydrogen (secondary N) is 1. The molecule has 0 saturated heterocycles. The molecule has 0 aromatic heterocycles. The van der Waals surface area contributed by atoms with Crippen molar-refractivity contribution in [1.82, 2.24) is 4.31 Å². The van der Waals surface area contributed by atoms with E-state index in [2.05, 4.69) is 5.32 Å². The lowest BCUT2D eigenvalue weighted by atomic mass is 10.2. The summed E-state index contributed by atoms with van der Waals surface area (Å²) in [7, 11) is -3.94. The molecule has 0 fully saturated rings. The van der Waals surface area contributed by atoms with Crippen molar-refractivity contribution in [2.75, 3.05) is 18.4 Å². The highest BCUT2D eigenvalue weighted by molar-refractivity contribution is 7.89. The Kier molecular flexibility index (Phi) is 6.22. The first-order valence-electron chi connectivity index (χ1n) is 7.77. The van der Waals surface area contributed by atoms with E-state index in [1.165, 1.54) is 31.2 Å². The second-order valence-corrected chi connectivity index (χ2v) is 7.42. The first-order chi connectivity index (χ1) is 12.6. The summed E-state index contributed by atoms with van der Waals surface area (Å²) < 4.78 is 77.4. The van der Waals surface area contributed by atoms with E-state index in [9.17, 15) is 30.8 Å². The minimum Gasteiger partial charge on any atom is -0.325 e. The molecule has 1 amide bonds. The predicted molar refractivity (Wildman–Crippen MR) is 90.9 cm³/mol. The SMILES string of the molecule is CCN(CC(=O)Nc1ccc(F)c(C(F)(F)F)c1)S(=O)(=O)c1ccccc1. The van der Waals surface area contributed by atoms with Crippen molar-refractivity contribution < 1.29 is 30.8 Å². The fraction of sp³-hybridized carbons (Fsp3) is 0.235. The van der Waals surface area contributed by atoms with Crippen LogP contribution in [0.3, 0.4) is 0 Å². The minimum absolute atomic E-state index is 0.0132. The number of carbonyl (C=O) groups excluding carboxylic acids is 1. The number of benzene rings is 2. The number of amides is 1. The molecule has 5 nitrogen and oxygen atoms in total. The first-order valence-corrected chi connectivity index (χ1v) is 9.21. The van der Waals surface area contributed by atoms with Gasteiger partial charge in [0.05, 0.1) is 17.0 Å². The van der Waals surface area contributed by atoms with Crippen LogP contribution < -0.4 is 5.32 Å². The molecule has 0 aliphatic carbocycles. The van der Waals surface area contributed by atoms with Crippen molar-refractivity contribution in [3.63, 3.8) is 0 Å². The van der Waals surface area contributed by atoms with Crippen LogP contribution in [0.15, 0.2) is 53.4 Å². The fourth-order valence-electron chi connectivity index (χ4n) is 2.29. The van der Waals surface area contributed by atoms with Crippen LogP contribution in [-0.4, -0.2) is 31.7 Å². The maximum Gasteiger partial charge on any atom is 0.419 e. The molecule has 0 bridgehead atoms. The third-order valence-corrected chi connectivity index (χ3v) is 5.54. The Morgan fingerprint density at radius 1 is 1.11 bits per heavy atom. The van der Waals surface area contributed by atoms with Gasteiger partial charge in [-0.05, 0) is 30.3 Å². The molecular formula is C17H16F4N2O3S. The van der Waals surface area contributed by atoms with Gasteiger partial charge in [-0.25, -0.2) is 12.8 Å². The lowest BCUT2D eigenvalue weighted by molar-refractivity contribution is -0.140. The number of hydrogen-bond donors (Lipinski definition) is 1. The molecular weight excluding hydrogens is 388 g/mol. The van der Waals surface area contributed by atoms with E-state index in [0.29, 0.717) is 12.1 Å². The van der Waals surface area contributed by atoms with Gasteiger partial charge >= 0.3 is 6.18 Å².